The third-order valence-electron chi connectivity index (χ3n) is 2.04. The lowest BCUT2D eigenvalue weighted by Gasteiger charge is -2.07. The van der Waals surface area contributed by atoms with Gasteiger partial charge in [0.2, 0.25) is 5.91 Å². The summed E-state index contributed by atoms with van der Waals surface area (Å²) in [6.45, 7) is 0.556. The van der Waals surface area contributed by atoms with Crippen LogP contribution in [0.1, 0.15) is 38.5 Å². The van der Waals surface area contributed by atoms with Crippen LogP contribution in [0.15, 0.2) is 0 Å². The molecule has 16 heavy (non-hydrogen) atoms. The van der Waals surface area contributed by atoms with Crippen molar-refractivity contribution in [2.75, 3.05) is 13.2 Å². The summed E-state index contributed by atoms with van der Waals surface area (Å²) in [7, 11) is 0. The van der Waals surface area contributed by atoms with Crippen LogP contribution in [0.25, 0.3) is 0 Å². The van der Waals surface area contributed by atoms with E-state index in [2.05, 4.69) is 5.32 Å². The molecule has 0 bridgehead atoms. The zero-order chi connectivity index (χ0) is 12.4. The van der Waals surface area contributed by atoms with Crippen LogP contribution in [0, 0.1) is 0 Å². The van der Waals surface area contributed by atoms with Crippen LogP contribution in [0.3, 0.4) is 0 Å². The minimum atomic E-state index is -4.27. The van der Waals surface area contributed by atoms with Gasteiger partial charge in [0.25, 0.3) is 0 Å². The average Bonchev–Trinajstić information content (AvgIpc) is 2.19. The third-order valence-corrected chi connectivity index (χ3v) is 2.04. The van der Waals surface area contributed by atoms with Crippen LogP contribution in [0.2, 0.25) is 0 Å². The first-order valence-electron chi connectivity index (χ1n) is 5.40. The van der Waals surface area contributed by atoms with Crippen LogP contribution in [-0.4, -0.2) is 30.3 Å². The molecule has 1 amide bonds. The summed E-state index contributed by atoms with van der Waals surface area (Å²) >= 11 is 0. The minimum absolute atomic E-state index is 0.151. The molecule has 0 saturated carbocycles. The molecular formula is C10H18F3NO2. The molecule has 0 saturated heterocycles. The Kier molecular flexibility index (Phi) is 7.97. The van der Waals surface area contributed by atoms with Gasteiger partial charge in [0.1, 0.15) is 0 Å². The van der Waals surface area contributed by atoms with Gasteiger partial charge in [-0.3, -0.25) is 4.79 Å². The van der Waals surface area contributed by atoms with E-state index in [1.807, 2.05) is 0 Å². The Morgan fingerprint density at radius 1 is 1.12 bits per heavy atom. The molecule has 0 aromatic carbocycles. The first-order valence-corrected chi connectivity index (χ1v) is 5.40. The number of aliphatic hydroxyl groups is 1. The van der Waals surface area contributed by atoms with Gasteiger partial charge in [0, 0.05) is 19.6 Å². The highest BCUT2D eigenvalue weighted by atomic mass is 19.4. The smallest absolute Gasteiger partial charge is 0.389 e. The first-order chi connectivity index (χ1) is 7.45. The number of nitrogens with one attached hydrogen (secondary N) is 1. The number of carbonyl (C=O) groups excluding carboxylic acids is 1. The Morgan fingerprint density at radius 2 is 1.75 bits per heavy atom. The van der Waals surface area contributed by atoms with Gasteiger partial charge in [-0.05, 0) is 12.8 Å². The van der Waals surface area contributed by atoms with E-state index in [9.17, 15) is 18.0 Å². The number of aliphatic hydroxyl groups excluding tert-OH is 1. The zero-order valence-electron chi connectivity index (χ0n) is 9.15. The Bertz CT molecular complexity index is 195. The number of rotatable bonds is 8. The van der Waals surface area contributed by atoms with Crippen molar-refractivity contribution in [1.82, 2.24) is 5.32 Å². The first kappa shape index (κ1) is 15.2. The second kappa shape index (κ2) is 8.38. The molecule has 3 nitrogen and oxygen atoms in total. The molecule has 0 heterocycles. The Labute approximate surface area is 93.0 Å². The van der Waals surface area contributed by atoms with Gasteiger partial charge < -0.3 is 10.4 Å². The van der Waals surface area contributed by atoms with E-state index in [0.29, 0.717) is 6.54 Å². The molecule has 0 aromatic heterocycles. The lowest BCUT2D eigenvalue weighted by atomic mass is 10.2. The van der Waals surface area contributed by atoms with Gasteiger partial charge in [-0.2, -0.15) is 13.2 Å². The zero-order valence-corrected chi connectivity index (χ0v) is 9.15. The van der Waals surface area contributed by atoms with E-state index in [1.165, 1.54) is 0 Å². The summed E-state index contributed by atoms with van der Waals surface area (Å²) in [5, 5.41) is 10.9. The number of alkyl halides is 3. The van der Waals surface area contributed by atoms with Crippen molar-refractivity contribution < 1.29 is 23.1 Å². The third kappa shape index (κ3) is 11.3. The highest BCUT2D eigenvalue weighted by Gasteiger charge is 2.27. The van der Waals surface area contributed by atoms with Crippen molar-refractivity contribution in [3.05, 3.63) is 0 Å². The number of unbranched alkanes of at least 4 members (excludes halogenated alkanes) is 3. The summed E-state index contributed by atoms with van der Waals surface area (Å²) in [5.41, 5.74) is 0. The number of amides is 1. The predicted molar refractivity (Wildman–Crippen MR) is 53.9 cm³/mol. The topological polar surface area (TPSA) is 49.3 Å². The quantitative estimate of drug-likeness (QED) is 0.638. The van der Waals surface area contributed by atoms with E-state index in [4.69, 9.17) is 5.11 Å². The van der Waals surface area contributed by atoms with Crippen LogP contribution < -0.4 is 5.32 Å². The average molecular weight is 241 g/mol. The molecule has 0 spiro atoms. The maximum absolute atomic E-state index is 11.7. The lowest BCUT2D eigenvalue weighted by molar-refractivity contribution is -0.144. The van der Waals surface area contributed by atoms with Crippen molar-refractivity contribution >= 4 is 5.91 Å². The van der Waals surface area contributed by atoms with Crippen molar-refractivity contribution in [3.63, 3.8) is 0 Å². The maximum Gasteiger partial charge on any atom is 0.389 e. The molecule has 0 radical (unpaired) electrons. The molecule has 0 rings (SSSR count). The standard InChI is InChI=1S/C10H18F3NO2/c11-10(12,13)6-5-9(16)14-7-3-1-2-4-8-15/h15H,1-8H2,(H,14,16). The molecule has 96 valence electrons. The molecular weight excluding hydrogens is 223 g/mol. The van der Waals surface area contributed by atoms with Crippen molar-refractivity contribution in [1.29, 1.82) is 0 Å². The van der Waals surface area contributed by atoms with Crippen LogP contribution in [0.5, 0.6) is 0 Å². The fourth-order valence-electron chi connectivity index (χ4n) is 1.16. The fraction of sp³-hybridized carbons (Fsp3) is 0.900. The van der Waals surface area contributed by atoms with Crippen molar-refractivity contribution in [3.8, 4) is 0 Å². The number of hydrogen-bond donors (Lipinski definition) is 2. The van der Waals surface area contributed by atoms with Crippen molar-refractivity contribution in [2.24, 2.45) is 0 Å². The predicted octanol–water partition coefficient (Wildman–Crippen LogP) is 2.00. The Morgan fingerprint density at radius 3 is 2.31 bits per heavy atom. The highest BCUT2D eigenvalue weighted by Crippen LogP contribution is 2.20. The fourth-order valence-corrected chi connectivity index (χ4v) is 1.16. The van der Waals surface area contributed by atoms with Gasteiger partial charge in [-0.1, -0.05) is 12.8 Å². The SMILES string of the molecule is O=C(CCC(F)(F)F)NCCCCCCO. The summed E-state index contributed by atoms with van der Waals surface area (Å²) in [6.07, 6.45) is -2.64. The summed E-state index contributed by atoms with van der Waals surface area (Å²) < 4.78 is 35.2. The summed E-state index contributed by atoms with van der Waals surface area (Å²) in [6, 6.07) is 0. The molecule has 0 aliphatic carbocycles. The molecule has 6 heteroatoms. The molecule has 0 atom stereocenters. The van der Waals surface area contributed by atoms with Crippen molar-refractivity contribution in [2.45, 2.75) is 44.7 Å². The molecule has 2 N–H and O–H groups in total. The molecule has 0 fully saturated rings. The highest BCUT2D eigenvalue weighted by molar-refractivity contribution is 5.75. The normalized spacial score (nSPS) is 11.5. The maximum atomic E-state index is 11.7. The van der Waals surface area contributed by atoms with Gasteiger partial charge in [0.15, 0.2) is 0 Å². The molecule has 0 aliphatic heterocycles. The van der Waals surface area contributed by atoms with E-state index >= 15 is 0 Å². The van der Waals surface area contributed by atoms with E-state index in [-0.39, 0.29) is 6.61 Å². The van der Waals surface area contributed by atoms with E-state index in [1.54, 1.807) is 0 Å². The van der Waals surface area contributed by atoms with Gasteiger partial charge >= 0.3 is 6.18 Å². The van der Waals surface area contributed by atoms with Gasteiger partial charge in [0.05, 0.1) is 6.42 Å². The van der Waals surface area contributed by atoms with Gasteiger partial charge in [-0.15, -0.1) is 0 Å². The van der Waals surface area contributed by atoms with Gasteiger partial charge in [-0.25, -0.2) is 0 Å². The number of hydrogen-bond acceptors (Lipinski definition) is 2. The largest absolute Gasteiger partial charge is 0.396 e. The summed E-state index contributed by atoms with van der Waals surface area (Å²) in [4.78, 5) is 10.9. The second-order valence-corrected chi connectivity index (χ2v) is 3.60. The minimum Gasteiger partial charge on any atom is -0.396 e. The van der Waals surface area contributed by atoms with Crippen LogP contribution in [-0.2, 0) is 4.79 Å². The van der Waals surface area contributed by atoms with Crippen LogP contribution >= 0.6 is 0 Å². The summed E-state index contributed by atoms with van der Waals surface area (Å²) in [5.74, 6) is -0.556. The second-order valence-electron chi connectivity index (χ2n) is 3.60. The monoisotopic (exact) mass is 241 g/mol. The molecule has 0 unspecified atom stereocenters. The van der Waals surface area contributed by atoms with Crippen LogP contribution in [0.4, 0.5) is 13.2 Å². The molecule has 0 aromatic rings. The number of halogens is 3. The number of carbonyl (C=O) groups is 1. The Hall–Kier alpha value is -0.780. The lowest BCUT2D eigenvalue weighted by Crippen LogP contribution is -2.25. The Balaban J connectivity index is 3.31. The molecule has 0 aliphatic rings. The van der Waals surface area contributed by atoms with E-state index in [0.717, 1.165) is 25.7 Å². The van der Waals surface area contributed by atoms with E-state index < -0.39 is 24.9 Å².